The molecule has 2 aromatic carbocycles. The number of phenols is 1. The number of nitrogens with one attached hydrogen (secondary N) is 1. The minimum atomic E-state index is -4.60. The zero-order valence-electron chi connectivity index (χ0n) is 15.9. The third-order valence-electron chi connectivity index (χ3n) is 5.13. The molecule has 2 N–H and O–H groups in total. The summed E-state index contributed by atoms with van der Waals surface area (Å²) in [4.78, 5) is 13.7. The number of fused-ring (bicyclic) bond motifs is 6. The second-order valence-electron chi connectivity index (χ2n) is 7.08. The van der Waals surface area contributed by atoms with Crippen LogP contribution in [-0.4, -0.2) is 37.4 Å². The highest BCUT2D eigenvalue weighted by Crippen LogP contribution is 2.38. The summed E-state index contributed by atoms with van der Waals surface area (Å²) < 4.78 is 56.9. The molecule has 2 aromatic rings. The van der Waals surface area contributed by atoms with Gasteiger partial charge in [0.1, 0.15) is 16.5 Å². The Bertz CT molecular complexity index is 1340. The van der Waals surface area contributed by atoms with E-state index in [1.165, 1.54) is 11.0 Å². The monoisotopic (exact) mass is 464 g/mol. The number of anilines is 1. The van der Waals surface area contributed by atoms with Gasteiger partial charge in [-0.05, 0) is 34.9 Å². The highest BCUT2D eigenvalue weighted by molar-refractivity contribution is 7.92. The highest BCUT2D eigenvalue weighted by Gasteiger charge is 2.32. The van der Waals surface area contributed by atoms with E-state index < -0.39 is 43.9 Å². The predicted molar refractivity (Wildman–Crippen MR) is 112 cm³/mol. The first-order chi connectivity index (χ1) is 14.5. The Balaban J connectivity index is 2.08. The Morgan fingerprint density at radius 2 is 1.87 bits per heavy atom. The van der Waals surface area contributed by atoms with Gasteiger partial charge >= 0.3 is 0 Å². The molecule has 1 saturated heterocycles. The smallest absolute Gasteiger partial charge is 0.265 e. The van der Waals surface area contributed by atoms with Crippen molar-refractivity contribution >= 4 is 38.8 Å². The minimum Gasteiger partial charge on any atom is -0.505 e. The summed E-state index contributed by atoms with van der Waals surface area (Å²) in [6, 6.07) is 3.62. The zero-order valence-corrected chi connectivity index (χ0v) is 17.4. The molecule has 10 heteroatoms. The van der Waals surface area contributed by atoms with Crippen LogP contribution in [0.4, 0.5) is 14.5 Å². The lowest BCUT2D eigenvalue weighted by molar-refractivity contribution is 0.0801. The molecule has 1 amide bonds. The first-order valence-electron chi connectivity index (χ1n) is 8.91. The van der Waals surface area contributed by atoms with Crippen molar-refractivity contribution < 1.29 is 27.1 Å². The molecule has 31 heavy (non-hydrogen) atoms. The van der Waals surface area contributed by atoms with E-state index in [1.807, 2.05) is 4.72 Å². The molecule has 1 fully saturated rings. The lowest BCUT2D eigenvalue weighted by Crippen LogP contribution is -2.28. The molecule has 0 aromatic heterocycles. The van der Waals surface area contributed by atoms with Gasteiger partial charge < -0.3 is 10.0 Å². The maximum absolute atomic E-state index is 14.7. The van der Waals surface area contributed by atoms with Crippen LogP contribution in [0.5, 0.6) is 5.75 Å². The molecule has 0 unspecified atom stereocenters. The van der Waals surface area contributed by atoms with Gasteiger partial charge in [0.15, 0.2) is 5.75 Å². The van der Waals surface area contributed by atoms with E-state index in [2.05, 4.69) is 13.2 Å². The van der Waals surface area contributed by atoms with Crippen LogP contribution in [-0.2, 0) is 10.0 Å². The molecule has 6 nitrogen and oxygen atoms in total. The average molecular weight is 465 g/mol. The second kappa shape index (κ2) is 7.21. The number of amides is 1. The first kappa shape index (κ1) is 21.1. The van der Waals surface area contributed by atoms with E-state index >= 15 is 0 Å². The van der Waals surface area contributed by atoms with Crippen molar-refractivity contribution in [1.29, 1.82) is 0 Å². The number of rotatable bonds is 1. The summed E-state index contributed by atoms with van der Waals surface area (Å²) in [7, 11) is -4.60. The van der Waals surface area contributed by atoms with Crippen LogP contribution in [0.3, 0.4) is 0 Å². The summed E-state index contributed by atoms with van der Waals surface area (Å²) in [5, 5.41) is 9.84. The van der Waals surface area contributed by atoms with Crippen molar-refractivity contribution in [3.05, 3.63) is 82.4 Å². The normalized spacial score (nSPS) is 19.9. The molecule has 0 radical (unpaired) electrons. The van der Waals surface area contributed by atoms with E-state index in [0.29, 0.717) is 17.2 Å². The second-order valence-corrected chi connectivity index (χ2v) is 9.14. The van der Waals surface area contributed by atoms with Crippen molar-refractivity contribution in [3.8, 4) is 5.75 Å². The number of hydrogen-bond donors (Lipinski definition) is 2. The number of benzene rings is 2. The fourth-order valence-corrected chi connectivity index (χ4v) is 5.10. The molecule has 0 aliphatic carbocycles. The van der Waals surface area contributed by atoms with Crippen molar-refractivity contribution in [1.82, 2.24) is 4.90 Å². The molecular weight excluding hydrogens is 450 g/mol. The van der Waals surface area contributed by atoms with Gasteiger partial charge in [-0.15, -0.1) is 0 Å². The Kier molecular flexibility index (Phi) is 4.90. The summed E-state index contributed by atoms with van der Waals surface area (Å²) in [5.41, 5.74) is 0.513. The first-order valence-corrected chi connectivity index (χ1v) is 10.8. The third kappa shape index (κ3) is 3.39. The van der Waals surface area contributed by atoms with Crippen LogP contribution >= 0.6 is 11.6 Å². The number of halogens is 3. The molecule has 0 saturated carbocycles. The SMILES string of the molecule is C=C/C1=C2/CN(CC2=C)C(=O)c2cc(Cl)c(O)c(c2)S(=O)(=O)Nc2cc1c(F)cc2F. The summed E-state index contributed by atoms with van der Waals surface area (Å²) in [6.07, 6.45) is 1.34. The van der Waals surface area contributed by atoms with Gasteiger partial charge in [-0.25, -0.2) is 17.2 Å². The molecule has 2 heterocycles. The third-order valence-corrected chi connectivity index (χ3v) is 6.80. The Morgan fingerprint density at radius 1 is 1.16 bits per heavy atom. The van der Waals surface area contributed by atoms with Crippen LogP contribution in [0.2, 0.25) is 5.02 Å². The summed E-state index contributed by atoms with van der Waals surface area (Å²) in [6.45, 7) is 7.76. The fourth-order valence-electron chi connectivity index (χ4n) is 3.62. The number of nitrogens with zero attached hydrogens (tertiary/aromatic N) is 1. The van der Waals surface area contributed by atoms with Gasteiger partial charge in [0.25, 0.3) is 15.9 Å². The van der Waals surface area contributed by atoms with Gasteiger partial charge in [0.05, 0.1) is 10.7 Å². The number of allylic oxidation sites excluding steroid dienone is 2. The van der Waals surface area contributed by atoms with Gasteiger partial charge in [-0.3, -0.25) is 9.52 Å². The average Bonchev–Trinajstić information content (AvgIpc) is 3.08. The zero-order chi connectivity index (χ0) is 22.7. The minimum absolute atomic E-state index is 0.0409. The maximum atomic E-state index is 14.7. The van der Waals surface area contributed by atoms with E-state index in [1.54, 1.807) is 0 Å². The maximum Gasteiger partial charge on any atom is 0.265 e. The van der Waals surface area contributed by atoms with E-state index in [0.717, 1.165) is 18.2 Å². The van der Waals surface area contributed by atoms with E-state index in [-0.39, 0.29) is 34.8 Å². The number of sulfonamides is 1. The lowest BCUT2D eigenvalue weighted by atomic mass is 9.96. The van der Waals surface area contributed by atoms with Crippen molar-refractivity contribution in [2.45, 2.75) is 4.90 Å². The topological polar surface area (TPSA) is 86.7 Å². The number of carbonyl (C=O) groups excluding carboxylic acids is 1. The van der Waals surface area contributed by atoms with Crippen molar-refractivity contribution in [3.63, 3.8) is 0 Å². The Labute approximate surface area is 181 Å². The van der Waals surface area contributed by atoms with Crippen LogP contribution in [0.15, 0.2) is 59.5 Å². The number of carbonyl (C=O) groups is 1. The molecule has 4 rings (SSSR count). The molecule has 0 atom stereocenters. The number of phenolic OH excluding ortho intramolecular Hbond substituents is 1. The van der Waals surface area contributed by atoms with E-state index in [4.69, 9.17) is 11.6 Å². The Morgan fingerprint density at radius 3 is 2.55 bits per heavy atom. The Hall–Kier alpha value is -3.17. The van der Waals surface area contributed by atoms with Crippen LogP contribution in [0.25, 0.3) is 5.57 Å². The molecule has 160 valence electrons. The van der Waals surface area contributed by atoms with Gasteiger partial charge in [-0.2, -0.15) is 0 Å². The van der Waals surface area contributed by atoms with Crippen LogP contribution in [0.1, 0.15) is 15.9 Å². The van der Waals surface area contributed by atoms with Gasteiger partial charge in [-0.1, -0.05) is 30.8 Å². The summed E-state index contributed by atoms with van der Waals surface area (Å²) >= 11 is 5.97. The van der Waals surface area contributed by atoms with Crippen LogP contribution < -0.4 is 4.72 Å². The number of hydrogen-bond acceptors (Lipinski definition) is 4. The highest BCUT2D eigenvalue weighted by atomic mass is 35.5. The predicted octanol–water partition coefficient (Wildman–Crippen LogP) is 4.09. The van der Waals surface area contributed by atoms with Crippen molar-refractivity contribution in [2.24, 2.45) is 0 Å². The molecule has 6 bridgehead atoms. The fraction of sp³-hybridized carbons (Fsp3) is 0.0952. The van der Waals surface area contributed by atoms with Crippen molar-refractivity contribution in [2.75, 3.05) is 17.8 Å². The van der Waals surface area contributed by atoms with Gasteiger partial charge in [0, 0.05) is 30.3 Å². The summed E-state index contributed by atoms with van der Waals surface area (Å²) in [5.74, 6) is -3.49. The molecular formula is C21H15ClF2N2O4S. The molecule has 0 spiro atoms. The van der Waals surface area contributed by atoms with E-state index in [9.17, 15) is 27.1 Å². The largest absolute Gasteiger partial charge is 0.505 e. The number of aromatic hydroxyl groups is 1. The van der Waals surface area contributed by atoms with Gasteiger partial charge in [0.2, 0.25) is 0 Å². The quantitative estimate of drug-likeness (QED) is 0.665. The van der Waals surface area contributed by atoms with Crippen LogP contribution in [0, 0.1) is 11.6 Å². The lowest BCUT2D eigenvalue weighted by Gasteiger charge is -2.17. The standard InChI is InChI=1S/C21H15ClF2N2O4S/c1-3-12-13-6-18(17(24)7-16(13)23)25-31(29,30)19-5-11(4-15(22)20(19)27)21(28)26-8-10(2)14(12)9-26/h3-7,25,27H,1-2,8-9H2/b14-12+. The molecule has 2 aliphatic rings. The molecule has 2 aliphatic heterocycles.